The molecular formula is C10H9FO2S. The number of cyclic esters (lactones) is 1. The van der Waals surface area contributed by atoms with Crippen LogP contribution in [0.4, 0.5) is 4.39 Å². The summed E-state index contributed by atoms with van der Waals surface area (Å²) in [5, 5.41) is -1.89. The Kier molecular flexibility index (Phi) is 2.46. The van der Waals surface area contributed by atoms with E-state index in [2.05, 4.69) is 4.74 Å². The lowest BCUT2D eigenvalue weighted by molar-refractivity contribution is -0.143. The normalized spacial score (nSPS) is 26.2. The van der Waals surface area contributed by atoms with Gasteiger partial charge in [0.25, 0.3) is 5.00 Å². The maximum Gasteiger partial charge on any atom is 0.355 e. The van der Waals surface area contributed by atoms with E-state index in [1.807, 2.05) is 18.2 Å². The molecule has 0 N–H and O–H groups in total. The molecule has 0 amide bonds. The first-order valence-corrected chi connectivity index (χ1v) is 5.12. The Balaban J connectivity index is 2.14. The fraction of sp³-hybridized carbons (Fsp3) is 0.300. The molecular weight excluding hydrogens is 203 g/mol. The van der Waals surface area contributed by atoms with Crippen LogP contribution in [-0.2, 0) is 9.53 Å². The summed E-state index contributed by atoms with van der Waals surface area (Å²) >= 11 is 0.920. The van der Waals surface area contributed by atoms with Crippen LogP contribution in [0.3, 0.4) is 0 Å². The zero-order chi connectivity index (χ0) is 10.0. The van der Waals surface area contributed by atoms with Gasteiger partial charge < -0.3 is 4.74 Å². The Bertz CT molecular complexity index is 341. The molecule has 1 aliphatic heterocycles. The van der Waals surface area contributed by atoms with Gasteiger partial charge in [0.2, 0.25) is 0 Å². The second kappa shape index (κ2) is 3.61. The summed E-state index contributed by atoms with van der Waals surface area (Å²) in [4.78, 5) is 11.8. The van der Waals surface area contributed by atoms with Crippen molar-refractivity contribution in [2.75, 3.05) is 6.61 Å². The van der Waals surface area contributed by atoms with Gasteiger partial charge in [0.1, 0.15) is 0 Å². The zero-order valence-electron chi connectivity index (χ0n) is 7.40. The van der Waals surface area contributed by atoms with Crippen LogP contribution in [0.25, 0.3) is 0 Å². The van der Waals surface area contributed by atoms with Crippen LogP contribution < -0.4 is 0 Å². The van der Waals surface area contributed by atoms with Crippen LogP contribution in [0.2, 0.25) is 0 Å². The number of ether oxygens (including phenoxy) is 1. The van der Waals surface area contributed by atoms with Gasteiger partial charge in [-0.1, -0.05) is 30.0 Å². The van der Waals surface area contributed by atoms with E-state index in [1.165, 1.54) is 0 Å². The summed E-state index contributed by atoms with van der Waals surface area (Å²) in [5.41, 5.74) is 0. The second-order valence-electron chi connectivity index (χ2n) is 3.03. The predicted octanol–water partition coefficient (Wildman–Crippen LogP) is 2.39. The molecule has 74 valence electrons. The molecule has 1 aromatic carbocycles. The first kappa shape index (κ1) is 9.52. The number of thioether (sulfide) groups is 1. The highest BCUT2D eigenvalue weighted by atomic mass is 32.2. The lowest BCUT2D eigenvalue weighted by Crippen LogP contribution is -2.23. The van der Waals surface area contributed by atoms with Crippen LogP contribution in [0, 0.1) is 0 Å². The standard InChI is InChI=1S/C10H9FO2S/c11-10(6-7-13-9(10)12)14-8-4-2-1-3-5-8/h1-5H,6-7H2. The van der Waals surface area contributed by atoms with Crippen molar-refractivity contribution < 1.29 is 13.9 Å². The number of alkyl halides is 1. The third kappa shape index (κ3) is 1.75. The molecule has 14 heavy (non-hydrogen) atoms. The number of benzene rings is 1. The third-order valence-electron chi connectivity index (χ3n) is 1.98. The minimum Gasteiger partial charge on any atom is -0.462 e. The van der Waals surface area contributed by atoms with Crippen LogP contribution in [0.5, 0.6) is 0 Å². The number of carbonyl (C=O) groups excluding carboxylic acids is 1. The number of halogens is 1. The number of rotatable bonds is 2. The quantitative estimate of drug-likeness (QED) is 0.704. The van der Waals surface area contributed by atoms with Crippen LogP contribution in [0.1, 0.15) is 6.42 Å². The summed E-state index contributed by atoms with van der Waals surface area (Å²) in [6.07, 6.45) is 0.130. The monoisotopic (exact) mass is 212 g/mol. The SMILES string of the molecule is O=C1OCCC1(F)Sc1ccccc1. The van der Waals surface area contributed by atoms with Crippen molar-refractivity contribution >= 4 is 17.7 Å². The van der Waals surface area contributed by atoms with E-state index in [0.29, 0.717) is 0 Å². The summed E-state index contributed by atoms with van der Waals surface area (Å²) in [6.45, 7) is 0.176. The fourth-order valence-corrected chi connectivity index (χ4v) is 2.25. The van der Waals surface area contributed by atoms with E-state index >= 15 is 0 Å². The van der Waals surface area contributed by atoms with E-state index < -0.39 is 11.0 Å². The summed E-state index contributed by atoms with van der Waals surface area (Å²) in [5.74, 6) is -0.758. The number of hydrogen-bond acceptors (Lipinski definition) is 3. The minimum atomic E-state index is -1.89. The van der Waals surface area contributed by atoms with Gasteiger partial charge in [-0.05, 0) is 12.1 Å². The molecule has 0 bridgehead atoms. The third-order valence-corrected chi connectivity index (χ3v) is 3.19. The molecule has 1 atom stereocenters. The second-order valence-corrected chi connectivity index (χ2v) is 4.35. The summed E-state index contributed by atoms with van der Waals surface area (Å²) in [6, 6.07) is 9.02. The molecule has 2 nitrogen and oxygen atoms in total. The molecule has 0 radical (unpaired) electrons. The average molecular weight is 212 g/mol. The average Bonchev–Trinajstić information content (AvgIpc) is 2.48. The van der Waals surface area contributed by atoms with Gasteiger partial charge in [0, 0.05) is 11.3 Å². The molecule has 1 aromatic rings. The molecule has 1 heterocycles. The van der Waals surface area contributed by atoms with E-state index in [4.69, 9.17) is 0 Å². The van der Waals surface area contributed by atoms with Gasteiger partial charge in [-0.3, -0.25) is 0 Å². The Hall–Kier alpha value is -1.03. The Morgan fingerprint density at radius 1 is 1.36 bits per heavy atom. The molecule has 4 heteroatoms. The Morgan fingerprint density at radius 2 is 2.07 bits per heavy atom. The van der Waals surface area contributed by atoms with Gasteiger partial charge in [0.15, 0.2) is 0 Å². The molecule has 1 fully saturated rings. The van der Waals surface area contributed by atoms with Gasteiger partial charge in [-0.25, -0.2) is 9.18 Å². The van der Waals surface area contributed by atoms with Crippen molar-refractivity contribution in [3.63, 3.8) is 0 Å². The molecule has 1 saturated heterocycles. The van der Waals surface area contributed by atoms with Gasteiger partial charge in [-0.15, -0.1) is 0 Å². The van der Waals surface area contributed by atoms with E-state index in [1.54, 1.807) is 12.1 Å². The van der Waals surface area contributed by atoms with Gasteiger partial charge in [-0.2, -0.15) is 0 Å². The maximum absolute atomic E-state index is 13.9. The van der Waals surface area contributed by atoms with Crippen LogP contribution in [-0.4, -0.2) is 17.6 Å². The van der Waals surface area contributed by atoms with E-state index in [-0.39, 0.29) is 13.0 Å². The molecule has 1 unspecified atom stereocenters. The number of carbonyl (C=O) groups is 1. The first-order chi connectivity index (χ1) is 6.71. The van der Waals surface area contributed by atoms with Crippen molar-refractivity contribution in [3.05, 3.63) is 30.3 Å². The molecule has 0 spiro atoms. The molecule has 2 rings (SSSR count). The highest BCUT2D eigenvalue weighted by Crippen LogP contribution is 2.41. The van der Waals surface area contributed by atoms with Gasteiger partial charge in [0.05, 0.1) is 6.61 Å². The Morgan fingerprint density at radius 3 is 2.64 bits per heavy atom. The van der Waals surface area contributed by atoms with Crippen molar-refractivity contribution in [3.8, 4) is 0 Å². The first-order valence-electron chi connectivity index (χ1n) is 4.31. The number of hydrogen-bond donors (Lipinski definition) is 0. The molecule has 0 aromatic heterocycles. The lowest BCUT2D eigenvalue weighted by atomic mass is 10.3. The molecule has 0 aliphatic carbocycles. The van der Waals surface area contributed by atoms with Gasteiger partial charge >= 0.3 is 5.97 Å². The van der Waals surface area contributed by atoms with Crippen molar-refractivity contribution in [2.45, 2.75) is 16.3 Å². The summed E-state index contributed by atoms with van der Waals surface area (Å²) < 4.78 is 18.5. The van der Waals surface area contributed by atoms with Crippen molar-refractivity contribution in [1.29, 1.82) is 0 Å². The largest absolute Gasteiger partial charge is 0.462 e. The number of esters is 1. The topological polar surface area (TPSA) is 26.3 Å². The fourth-order valence-electron chi connectivity index (χ4n) is 1.25. The highest BCUT2D eigenvalue weighted by molar-refractivity contribution is 8.01. The van der Waals surface area contributed by atoms with Crippen molar-refractivity contribution in [2.24, 2.45) is 0 Å². The molecule has 1 aliphatic rings. The smallest absolute Gasteiger partial charge is 0.355 e. The van der Waals surface area contributed by atoms with E-state index in [0.717, 1.165) is 16.7 Å². The highest BCUT2D eigenvalue weighted by Gasteiger charge is 2.46. The lowest BCUT2D eigenvalue weighted by Gasteiger charge is -2.13. The Labute approximate surface area is 85.4 Å². The van der Waals surface area contributed by atoms with Crippen LogP contribution >= 0.6 is 11.8 Å². The maximum atomic E-state index is 13.9. The van der Waals surface area contributed by atoms with E-state index in [9.17, 15) is 9.18 Å². The summed E-state index contributed by atoms with van der Waals surface area (Å²) in [7, 11) is 0. The minimum absolute atomic E-state index is 0.130. The zero-order valence-corrected chi connectivity index (χ0v) is 8.22. The molecule has 0 saturated carbocycles. The van der Waals surface area contributed by atoms with Crippen molar-refractivity contribution in [1.82, 2.24) is 0 Å². The van der Waals surface area contributed by atoms with Crippen LogP contribution in [0.15, 0.2) is 35.2 Å². The predicted molar refractivity (Wildman–Crippen MR) is 51.7 cm³/mol.